The second kappa shape index (κ2) is 7.93. The maximum absolute atomic E-state index is 13.5. The average Bonchev–Trinajstić information content (AvgIpc) is 3.38. The number of benzene rings is 2. The lowest BCUT2D eigenvalue weighted by molar-refractivity contribution is -0.117. The first kappa shape index (κ1) is 20.5. The Bertz CT molecular complexity index is 1480. The molecular formula is C25H14ClN3O4. The molecule has 1 aliphatic heterocycles. The van der Waals surface area contributed by atoms with E-state index in [1.807, 2.05) is 6.07 Å². The fourth-order valence-corrected chi connectivity index (χ4v) is 4.06. The number of aromatic nitrogens is 1. The molecule has 160 valence electrons. The average molecular weight is 456 g/mol. The summed E-state index contributed by atoms with van der Waals surface area (Å²) in [4.78, 5) is 32.3. The highest BCUT2D eigenvalue weighted by Crippen LogP contribution is 2.41. The van der Waals surface area contributed by atoms with Gasteiger partial charge < -0.3 is 9.52 Å². The lowest BCUT2D eigenvalue weighted by Crippen LogP contribution is -2.31. The molecule has 0 fully saturated rings. The number of nitriles is 1. The third-order valence-corrected chi connectivity index (χ3v) is 5.63. The van der Waals surface area contributed by atoms with Gasteiger partial charge in [0.05, 0.1) is 22.9 Å². The second-order valence-electron chi connectivity index (χ2n) is 7.38. The van der Waals surface area contributed by atoms with E-state index in [0.29, 0.717) is 32.9 Å². The monoisotopic (exact) mass is 455 g/mol. The zero-order valence-corrected chi connectivity index (χ0v) is 17.7. The number of carbonyl (C=O) groups is 2. The summed E-state index contributed by atoms with van der Waals surface area (Å²) in [5.41, 5.74) is 1.51. The molecule has 5 rings (SSSR count). The van der Waals surface area contributed by atoms with Gasteiger partial charge in [0.25, 0.3) is 5.91 Å². The number of carbonyl (C=O) groups excluding carboxylic acids is 2. The van der Waals surface area contributed by atoms with Crippen LogP contribution in [0.3, 0.4) is 0 Å². The quantitative estimate of drug-likeness (QED) is 0.427. The van der Waals surface area contributed by atoms with E-state index in [2.05, 4.69) is 4.98 Å². The van der Waals surface area contributed by atoms with Gasteiger partial charge in [-0.15, -0.1) is 0 Å². The standard InChI is InChI=1S/C25H14ClN3O4/c26-16-6-9-19-15(11-16)12-20(33-19)23(30)21-22(18-3-1-2-10-28-18)29(25(32)24(21)31)17-7-4-14(13-27)5-8-17/h1-12,22,31H. The Morgan fingerprint density at radius 3 is 2.61 bits per heavy atom. The number of hydrogen-bond donors (Lipinski definition) is 1. The first-order valence-electron chi connectivity index (χ1n) is 9.89. The number of rotatable bonds is 4. The molecule has 0 bridgehead atoms. The van der Waals surface area contributed by atoms with Crippen molar-refractivity contribution in [2.45, 2.75) is 6.04 Å². The summed E-state index contributed by atoms with van der Waals surface area (Å²) >= 11 is 6.03. The Labute approximate surface area is 192 Å². The SMILES string of the molecule is N#Cc1ccc(N2C(=O)C(O)=C(C(=O)c3cc4cc(Cl)ccc4o3)C2c2ccccn2)cc1. The van der Waals surface area contributed by atoms with E-state index in [4.69, 9.17) is 21.3 Å². The third kappa shape index (κ3) is 3.43. The number of anilines is 1. The molecule has 2 aromatic heterocycles. The molecule has 33 heavy (non-hydrogen) atoms. The predicted octanol–water partition coefficient (Wildman–Crippen LogP) is 5.14. The van der Waals surface area contributed by atoms with E-state index in [-0.39, 0.29) is 11.3 Å². The van der Waals surface area contributed by atoms with Crippen LogP contribution in [0, 0.1) is 11.3 Å². The maximum Gasteiger partial charge on any atom is 0.294 e. The summed E-state index contributed by atoms with van der Waals surface area (Å²) in [6.45, 7) is 0. The minimum atomic E-state index is -0.990. The molecule has 1 aliphatic rings. The van der Waals surface area contributed by atoms with E-state index in [9.17, 15) is 14.7 Å². The molecule has 0 aliphatic carbocycles. The summed E-state index contributed by atoms with van der Waals surface area (Å²) < 4.78 is 5.70. The first-order chi connectivity index (χ1) is 16.0. The highest BCUT2D eigenvalue weighted by Gasteiger charge is 2.46. The van der Waals surface area contributed by atoms with Gasteiger partial charge in [-0.3, -0.25) is 19.5 Å². The molecule has 3 heterocycles. The number of ketones is 1. The van der Waals surface area contributed by atoms with Crippen molar-refractivity contribution in [3.8, 4) is 6.07 Å². The van der Waals surface area contributed by atoms with Gasteiger partial charge in [0.1, 0.15) is 11.6 Å². The first-order valence-corrected chi connectivity index (χ1v) is 10.3. The topological polar surface area (TPSA) is 107 Å². The van der Waals surface area contributed by atoms with Gasteiger partial charge in [-0.1, -0.05) is 17.7 Å². The van der Waals surface area contributed by atoms with Crippen LogP contribution in [0.15, 0.2) is 88.7 Å². The highest BCUT2D eigenvalue weighted by molar-refractivity contribution is 6.31. The fourth-order valence-electron chi connectivity index (χ4n) is 3.88. The van der Waals surface area contributed by atoms with Crippen molar-refractivity contribution in [2.75, 3.05) is 4.90 Å². The fraction of sp³-hybridized carbons (Fsp3) is 0.0400. The number of Topliss-reactive ketones (excluding diaryl/α,β-unsaturated/α-hetero) is 1. The summed E-state index contributed by atoms with van der Waals surface area (Å²) in [5.74, 6) is -2.11. The van der Waals surface area contributed by atoms with Crippen LogP contribution >= 0.6 is 11.6 Å². The second-order valence-corrected chi connectivity index (χ2v) is 7.81. The van der Waals surface area contributed by atoms with Crippen molar-refractivity contribution in [2.24, 2.45) is 0 Å². The van der Waals surface area contributed by atoms with Crippen LogP contribution in [0.25, 0.3) is 11.0 Å². The lowest BCUT2D eigenvalue weighted by atomic mass is 9.98. The number of hydrogen-bond acceptors (Lipinski definition) is 6. The number of fused-ring (bicyclic) bond motifs is 1. The van der Waals surface area contributed by atoms with E-state index >= 15 is 0 Å². The number of pyridine rings is 1. The summed E-state index contributed by atoms with van der Waals surface area (Å²) in [7, 11) is 0. The molecule has 1 unspecified atom stereocenters. The minimum absolute atomic E-state index is 0.0378. The van der Waals surface area contributed by atoms with E-state index in [1.165, 1.54) is 17.2 Å². The number of nitrogens with zero attached hydrogens (tertiary/aromatic N) is 3. The zero-order valence-electron chi connectivity index (χ0n) is 16.9. The molecule has 1 N–H and O–H groups in total. The number of amides is 1. The third-order valence-electron chi connectivity index (χ3n) is 5.40. The Kier molecular flexibility index (Phi) is 4.93. The van der Waals surface area contributed by atoms with Crippen molar-refractivity contribution < 1.29 is 19.1 Å². The Morgan fingerprint density at radius 1 is 1.12 bits per heavy atom. The van der Waals surface area contributed by atoms with Crippen molar-refractivity contribution in [3.63, 3.8) is 0 Å². The Morgan fingerprint density at radius 2 is 1.91 bits per heavy atom. The number of halogens is 1. The highest BCUT2D eigenvalue weighted by atomic mass is 35.5. The van der Waals surface area contributed by atoms with Crippen LogP contribution in [0.2, 0.25) is 5.02 Å². The van der Waals surface area contributed by atoms with Crippen LogP contribution in [-0.2, 0) is 4.79 Å². The van der Waals surface area contributed by atoms with Crippen molar-refractivity contribution in [1.82, 2.24) is 4.98 Å². The van der Waals surface area contributed by atoms with Gasteiger partial charge >= 0.3 is 0 Å². The van der Waals surface area contributed by atoms with E-state index in [0.717, 1.165) is 0 Å². The molecule has 0 radical (unpaired) electrons. The molecular weight excluding hydrogens is 442 g/mol. The molecule has 0 saturated carbocycles. The number of aliphatic hydroxyl groups excluding tert-OH is 1. The summed E-state index contributed by atoms with van der Waals surface area (Å²) in [6, 6.07) is 18.9. The number of furan rings is 1. The summed E-state index contributed by atoms with van der Waals surface area (Å²) in [6.07, 6.45) is 1.54. The smallest absolute Gasteiger partial charge is 0.294 e. The van der Waals surface area contributed by atoms with Crippen molar-refractivity contribution in [3.05, 3.63) is 106 Å². The predicted molar refractivity (Wildman–Crippen MR) is 121 cm³/mol. The Hall–Kier alpha value is -4.41. The zero-order chi connectivity index (χ0) is 23.1. The minimum Gasteiger partial charge on any atom is -0.503 e. The van der Waals surface area contributed by atoms with Gasteiger partial charge in [0.15, 0.2) is 11.5 Å². The van der Waals surface area contributed by atoms with Crippen molar-refractivity contribution >= 4 is 39.9 Å². The van der Waals surface area contributed by atoms with E-state index < -0.39 is 23.5 Å². The van der Waals surface area contributed by atoms with Gasteiger partial charge in [-0.2, -0.15) is 5.26 Å². The molecule has 4 aromatic rings. The van der Waals surface area contributed by atoms with Crippen LogP contribution in [-0.4, -0.2) is 21.8 Å². The maximum atomic E-state index is 13.5. The van der Waals surface area contributed by atoms with Crippen LogP contribution < -0.4 is 4.90 Å². The summed E-state index contributed by atoms with van der Waals surface area (Å²) in [5, 5.41) is 21.0. The molecule has 1 atom stereocenters. The Balaban J connectivity index is 1.64. The molecule has 1 amide bonds. The lowest BCUT2D eigenvalue weighted by Gasteiger charge is -2.25. The molecule has 0 spiro atoms. The van der Waals surface area contributed by atoms with Crippen LogP contribution in [0.4, 0.5) is 5.69 Å². The van der Waals surface area contributed by atoms with Crippen LogP contribution in [0.1, 0.15) is 27.9 Å². The van der Waals surface area contributed by atoms with Crippen LogP contribution in [0.5, 0.6) is 0 Å². The van der Waals surface area contributed by atoms with Gasteiger partial charge in [0, 0.05) is 22.3 Å². The van der Waals surface area contributed by atoms with E-state index in [1.54, 1.807) is 60.7 Å². The molecule has 7 nitrogen and oxygen atoms in total. The normalized spacial score (nSPS) is 15.8. The van der Waals surface area contributed by atoms with Gasteiger partial charge in [-0.05, 0) is 60.7 Å². The number of aliphatic hydroxyl groups is 1. The van der Waals surface area contributed by atoms with Gasteiger partial charge in [0.2, 0.25) is 5.78 Å². The van der Waals surface area contributed by atoms with Crippen molar-refractivity contribution in [1.29, 1.82) is 5.26 Å². The largest absolute Gasteiger partial charge is 0.503 e. The van der Waals surface area contributed by atoms with Gasteiger partial charge in [-0.25, -0.2) is 0 Å². The molecule has 8 heteroatoms. The molecule has 2 aromatic carbocycles. The molecule has 0 saturated heterocycles.